The predicted octanol–water partition coefficient (Wildman–Crippen LogP) is 3.04. The van der Waals surface area contributed by atoms with Crippen molar-refractivity contribution in [3.8, 4) is 0 Å². The van der Waals surface area contributed by atoms with Gasteiger partial charge in [-0.2, -0.15) is 0 Å². The summed E-state index contributed by atoms with van der Waals surface area (Å²) in [5.41, 5.74) is 1.75. The molecule has 2 fully saturated rings. The summed E-state index contributed by atoms with van der Waals surface area (Å²) in [5, 5.41) is 0. The van der Waals surface area contributed by atoms with E-state index in [1.165, 1.54) is 12.1 Å². The average molecular weight is 328 g/mol. The molecule has 1 amide bonds. The molecule has 5 heteroatoms. The molecule has 1 unspecified atom stereocenters. The van der Waals surface area contributed by atoms with Crippen molar-refractivity contribution >= 4 is 5.91 Å². The lowest BCUT2D eigenvalue weighted by molar-refractivity contribution is -0.136. The van der Waals surface area contributed by atoms with Crippen LogP contribution in [-0.2, 0) is 17.9 Å². The van der Waals surface area contributed by atoms with E-state index < -0.39 is 0 Å². The molecule has 1 spiro atoms. The lowest BCUT2D eigenvalue weighted by Crippen LogP contribution is -2.36. The first-order valence-electron chi connectivity index (χ1n) is 8.42. The molecule has 2 aliphatic heterocycles. The molecular formula is C19H21FN2O2. The summed E-state index contributed by atoms with van der Waals surface area (Å²) in [6.07, 6.45) is 5.24. The summed E-state index contributed by atoms with van der Waals surface area (Å²) in [7, 11) is 0. The van der Waals surface area contributed by atoms with Gasteiger partial charge in [0, 0.05) is 31.7 Å². The summed E-state index contributed by atoms with van der Waals surface area (Å²) < 4.78 is 18.5. The normalized spacial score (nSPS) is 24.4. The van der Waals surface area contributed by atoms with Crippen molar-refractivity contribution in [1.82, 2.24) is 9.80 Å². The molecule has 4 nitrogen and oxygen atoms in total. The van der Waals surface area contributed by atoms with Crippen LogP contribution in [-0.4, -0.2) is 35.3 Å². The Morgan fingerprint density at radius 2 is 2.00 bits per heavy atom. The first-order valence-corrected chi connectivity index (χ1v) is 8.42. The Morgan fingerprint density at radius 3 is 2.79 bits per heavy atom. The SMILES string of the molecule is O=C1N(Cc2cccc(F)c2)CCC12CCN(Cc1ccoc1)C2. The highest BCUT2D eigenvalue weighted by molar-refractivity contribution is 5.85. The van der Waals surface area contributed by atoms with Gasteiger partial charge in [0.15, 0.2) is 0 Å². The molecule has 1 aromatic carbocycles. The summed E-state index contributed by atoms with van der Waals surface area (Å²) in [4.78, 5) is 17.2. The quantitative estimate of drug-likeness (QED) is 0.865. The van der Waals surface area contributed by atoms with Crippen LogP contribution in [0.5, 0.6) is 0 Å². The van der Waals surface area contributed by atoms with Crippen LogP contribution in [0, 0.1) is 11.2 Å². The minimum atomic E-state index is -0.253. The van der Waals surface area contributed by atoms with E-state index in [0.29, 0.717) is 6.54 Å². The number of likely N-dealkylation sites (tertiary alicyclic amines) is 2. The molecule has 2 saturated heterocycles. The highest BCUT2D eigenvalue weighted by Crippen LogP contribution is 2.41. The molecule has 3 heterocycles. The zero-order valence-electron chi connectivity index (χ0n) is 13.6. The molecule has 126 valence electrons. The number of carbonyl (C=O) groups is 1. The van der Waals surface area contributed by atoms with E-state index in [0.717, 1.165) is 50.1 Å². The van der Waals surface area contributed by atoms with E-state index in [4.69, 9.17) is 4.42 Å². The van der Waals surface area contributed by atoms with Crippen molar-refractivity contribution in [2.45, 2.75) is 25.9 Å². The van der Waals surface area contributed by atoms with Crippen molar-refractivity contribution < 1.29 is 13.6 Å². The maximum absolute atomic E-state index is 13.3. The molecule has 1 atom stereocenters. The second-order valence-electron chi connectivity index (χ2n) is 6.98. The zero-order chi connectivity index (χ0) is 16.6. The van der Waals surface area contributed by atoms with Crippen molar-refractivity contribution in [2.75, 3.05) is 19.6 Å². The fourth-order valence-electron chi connectivity index (χ4n) is 4.01. The van der Waals surface area contributed by atoms with E-state index in [2.05, 4.69) is 4.90 Å². The lowest BCUT2D eigenvalue weighted by atomic mass is 9.85. The zero-order valence-corrected chi connectivity index (χ0v) is 13.6. The van der Waals surface area contributed by atoms with Crippen LogP contribution in [0.4, 0.5) is 4.39 Å². The number of hydrogen-bond acceptors (Lipinski definition) is 3. The maximum atomic E-state index is 13.3. The Morgan fingerprint density at radius 1 is 1.12 bits per heavy atom. The Bertz CT molecular complexity index is 731. The largest absolute Gasteiger partial charge is 0.472 e. The molecule has 1 aromatic heterocycles. The summed E-state index contributed by atoms with van der Waals surface area (Å²) in [6, 6.07) is 8.49. The van der Waals surface area contributed by atoms with Gasteiger partial charge in [-0.3, -0.25) is 9.69 Å². The van der Waals surface area contributed by atoms with Crippen LogP contribution in [0.25, 0.3) is 0 Å². The summed E-state index contributed by atoms with van der Waals surface area (Å²) >= 11 is 0. The number of benzene rings is 1. The summed E-state index contributed by atoms with van der Waals surface area (Å²) in [5.74, 6) is -0.0255. The van der Waals surface area contributed by atoms with Gasteiger partial charge in [-0.15, -0.1) is 0 Å². The number of carbonyl (C=O) groups excluding carboxylic acids is 1. The average Bonchev–Trinajstić information content (AvgIpc) is 3.27. The van der Waals surface area contributed by atoms with Gasteiger partial charge in [0.05, 0.1) is 17.9 Å². The van der Waals surface area contributed by atoms with E-state index in [-0.39, 0.29) is 17.1 Å². The Kier molecular flexibility index (Phi) is 3.88. The van der Waals surface area contributed by atoms with Crippen molar-refractivity contribution in [1.29, 1.82) is 0 Å². The highest BCUT2D eigenvalue weighted by Gasteiger charge is 2.50. The molecule has 2 aliphatic rings. The Balaban J connectivity index is 1.41. The fourth-order valence-corrected chi connectivity index (χ4v) is 4.01. The molecule has 4 rings (SSSR count). The molecule has 0 bridgehead atoms. The van der Waals surface area contributed by atoms with Crippen molar-refractivity contribution in [3.05, 3.63) is 59.8 Å². The fraction of sp³-hybridized carbons (Fsp3) is 0.421. The number of nitrogens with zero attached hydrogens (tertiary/aromatic N) is 2. The lowest BCUT2D eigenvalue weighted by Gasteiger charge is -2.23. The van der Waals surface area contributed by atoms with Gasteiger partial charge in [-0.05, 0) is 43.1 Å². The van der Waals surface area contributed by atoms with Gasteiger partial charge in [-0.25, -0.2) is 4.39 Å². The second kappa shape index (κ2) is 6.06. The van der Waals surface area contributed by atoms with Gasteiger partial charge in [0.25, 0.3) is 0 Å². The maximum Gasteiger partial charge on any atom is 0.230 e. The van der Waals surface area contributed by atoms with E-state index in [9.17, 15) is 9.18 Å². The monoisotopic (exact) mass is 328 g/mol. The third-order valence-corrected chi connectivity index (χ3v) is 5.28. The first kappa shape index (κ1) is 15.4. The van der Waals surface area contributed by atoms with Crippen LogP contribution in [0.3, 0.4) is 0 Å². The van der Waals surface area contributed by atoms with Crippen LogP contribution in [0.15, 0.2) is 47.3 Å². The van der Waals surface area contributed by atoms with Gasteiger partial charge >= 0.3 is 0 Å². The first-order chi connectivity index (χ1) is 11.6. The molecule has 24 heavy (non-hydrogen) atoms. The van der Waals surface area contributed by atoms with E-state index in [1.807, 2.05) is 17.0 Å². The van der Waals surface area contributed by atoms with E-state index in [1.54, 1.807) is 18.6 Å². The Hall–Kier alpha value is -2.14. The smallest absolute Gasteiger partial charge is 0.230 e. The number of halogens is 1. The molecular weight excluding hydrogens is 307 g/mol. The van der Waals surface area contributed by atoms with Crippen molar-refractivity contribution in [3.63, 3.8) is 0 Å². The summed E-state index contributed by atoms with van der Waals surface area (Å²) in [6.45, 7) is 3.83. The highest BCUT2D eigenvalue weighted by atomic mass is 19.1. The molecule has 0 saturated carbocycles. The number of furan rings is 1. The molecule has 0 radical (unpaired) electrons. The molecule has 0 aliphatic carbocycles. The standard InChI is InChI=1S/C19H21FN2O2/c20-17-3-1-2-15(10-17)12-22-8-6-19(18(22)23)5-7-21(14-19)11-16-4-9-24-13-16/h1-4,9-10,13H,5-8,11-12,14H2. The molecule has 2 aromatic rings. The van der Waals surface area contributed by atoms with Gasteiger partial charge in [0.1, 0.15) is 5.82 Å². The van der Waals surface area contributed by atoms with E-state index >= 15 is 0 Å². The third-order valence-electron chi connectivity index (χ3n) is 5.28. The topological polar surface area (TPSA) is 36.7 Å². The van der Waals surface area contributed by atoms with Gasteiger partial charge in [-0.1, -0.05) is 12.1 Å². The predicted molar refractivity (Wildman–Crippen MR) is 87.5 cm³/mol. The van der Waals surface area contributed by atoms with Gasteiger partial charge in [0.2, 0.25) is 5.91 Å². The minimum absolute atomic E-state index is 0.224. The minimum Gasteiger partial charge on any atom is -0.472 e. The van der Waals surface area contributed by atoms with Crippen LogP contribution in [0.1, 0.15) is 24.0 Å². The van der Waals surface area contributed by atoms with Crippen LogP contribution < -0.4 is 0 Å². The van der Waals surface area contributed by atoms with Crippen LogP contribution in [0.2, 0.25) is 0 Å². The third kappa shape index (κ3) is 2.84. The number of rotatable bonds is 4. The second-order valence-corrected chi connectivity index (χ2v) is 6.98. The van der Waals surface area contributed by atoms with Crippen molar-refractivity contribution in [2.24, 2.45) is 5.41 Å². The van der Waals surface area contributed by atoms with Gasteiger partial charge < -0.3 is 9.32 Å². The Labute approximate surface area is 140 Å². The number of amides is 1. The molecule has 0 N–H and O–H groups in total. The van der Waals surface area contributed by atoms with Crippen LogP contribution >= 0.6 is 0 Å². The number of hydrogen-bond donors (Lipinski definition) is 0.